The number of carbonyl (C=O) groups excluding carboxylic acids is 2. The summed E-state index contributed by atoms with van der Waals surface area (Å²) >= 11 is 0. The normalized spacial score (nSPS) is 38.1. The van der Waals surface area contributed by atoms with E-state index in [1.165, 1.54) is 0 Å². The van der Waals surface area contributed by atoms with Crippen LogP contribution in [0, 0.1) is 28.1 Å². The third-order valence-corrected chi connectivity index (χ3v) is 9.95. The average molecular weight is 537 g/mol. The molecule has 3 unspecified atom stereocenters. The Labute approximate surface area is 250 Å². The van der Waals surface area contributed by atoms with Crippen molar-refractivity contribution < 1.29 is 59.2 Å². The standard InChI is InChI=1S/C31H46O6.Na/c1-19(12-13-25(37-8)28(3,4)36)10-9-11-20(2)26-21(32)18-23-29(5)17-15-24(33)31(7,27(34)35)22(29)14-16-30(23,26)6;/h9-13,22-25,33,36H,14-18H2,1-8H3,(H,34,35);/q;+1/p-1/b11-9+,13-12+,19-10-,26-20+;/t22-,23+,24?,25?,29+,30+,31?;/m1./s1. The van der Waals surface area contributed by atoms with E-state index >= 15 is 0 Å². The number of allylic oxidation sites excluding steroid dienone is 7. The van der Waals surface area contributed by atoms with E-state index in [2.05, 4.69) is 13.8 Å². The summed E-state index contributed by atoms with van der Waals surface area (Å²) in [6, 6.07) is 0. The van der Waals surface area contributed by atoms with Crippen molar-refractivity contribution in [2.75, 3.05) is 7.11 Å². The van der Waals surface area contributed by atoms with Gasteiger partial charge in [0.25, 0.3) is 0 Å². The van der Waals surface area contributed by atoms with E-state index in [0.29, 0.717) is 32.1 Å². The molecule has 0 saturated heterocycles. The Morgan fingerprint density at radius 2 is 1.76 bits per heavy atom. The van der Waals surface area contributed by atoms with Crippen molar-refractivity contribution in [3.63, 3.8) is 0 Å². The first-order valence-corrected chi connectivity index (χ1v) is 13.5. The van der Waals surface area contributed by atoms with Crippen LogP contribution in [0.15, 0.2) is 47.1 Å². The number of ether oxygens (including phenoxy) is 1. The summed E-state index contributed by atoms with van der Waals surface area (Å²) in [6.07, 6.45) is 11.2. The Balaban J connectivity index is 0.00000507. The average Bonchev–Trinajstić information content (AvgIpc) is 3.07. The number of fused-ring (bicyclic) bond motifs is 3. The molecule has 2 N–H and O–H groups in total. The van der Waals surface area contributed by atoms with Gasteiger partial charge in [0.15, 0.2) is 5.78 Å². The second-order valence-corrected chi connectivity index (χ2v) is 12.8. The largest absolute Gasteiger partial charge is 1.00 e. The molecule has 0 aliphatic heterocycles. The van der Waals surface area contributed by atoms with Gasteiger partial charge in [0.05, 0.1) is 17.7 Å². The molecule has 0 aromatic heterocycles. The summed E-state index contributed by atoms with van der Waals surface area (Å²) in [4.78, 5) is 25.7. The van der Waals surface area contributed by atoms with E-state index in [9.17, 15) is 24.9 Å². The number of carbonyl (C=O) groups is 2. The van der Waals surface area contributed by atoms with Crippen molar-refractivity contribution in [2.45, 2.75) is 98.4 Å². The maximum atomic E-state index is 13.4. The zero-order valence-electron chi connectivity index (χ0n) is 24.8. The fourth-order valence-corrected chi connectivity index (χ4v) is 7.87. The first-order chi connectivity index (χ1) is 17.0. The van der Waals surface area contributed by atoms with Gasteiger partial charge in [-0.05, 0) is 76.2 Å². The fraction of sp³-hybridized carbons (Fsp3) is 0.677. The molecule has 0 bridgehead atoms. The Bertz CT molecular complexity index is 1050. The number of methoxy groups -OCH3 is 1. The van der Waals surface area contributed by atoms with Gasteiger partial charge >= 0.3 is 29.6 Å². The Morgan fingerprint density at radius 3 is 2.32 bits per heavy atom. The Kier molecular flexibility index (Phi) is 10.3. The van der Waals surface area contributed by atoms with Gasteiger partial charge < -0.3 is 24.9 Å². The third kappa shape index (κ3) is 5.73. The van der Waals surface area contributed by atoms with Crippen LogP contribution in [0.1, 0.15) is 80.6 Å². The number of carboxylic acid groups (broad SMARTS) is 1. The third-order valence-electron chi connectivity index (χ3n) is 9.95. The summed E-state index contributed by atoms with van der Waals surface area (Å²) in [6.45, 7) is 13.3. The predicted octanol–water partition coefficient (Wildman–Crippen LogP) is 1.07. The zero-order valence-corrected chi connectivity index (χ0v) is 26.8. The van der Waals surface area contributed by atoms with Gasteiger partial charge in [-0.3, -0.25) is 4.79 Å². The number of rotatable bonds is 7. The van der Waals surface area contributed by atoms with E-state index in [-0.39, 0.29) is 58.0 Å². The molecule has 38 heavy (non-hydrogen) atoms. The van der Waals surface area contributed by atoms with Crippen molar-refractivity contribution in [3.05, 3.63) is 47.1 Å². The topological polar surface area (TPSA) is 107 Å². The van der Waals surface area contributed by atoms with Gasteiger partial charge in [0.2, 0.25) is 0 Å². The number of hydrogen-bond donors (Lipinski definition) is 2. The molecule has 7 atom stereocenters. The van der Waals surface area contributed by atoms with Gasteiger partial charge in [0.1, 0.15) is 6.10 Å². The quantitative estimate of drug-likeness (QED) is 0.287. The molecule has 3 aliphatic rings. The number of ketones is 1. The molecule has 7 heteroatoms. The van der Waals surface area contributed by atoms with Gasteiger partial charge in [-0.25, -0.2) is 0 Å². The molecular formula is C31H45NaO6. The van der Waals surface area contributed by atoms with E-state index < -0.39 is 29.2 Å². The molecule has 206 valence electrons. The van der Waals surface area contributed by atoms with Crippen LogP contribution >= 0.6 is 0 Å². The van der Waals surface area contributed by atoms with E-state index in [1.54, 1.807) is 27.9 Å². The molecule has 3 saturated carbocycles. The van der Waals surface area contributed by atoms with Gasteiger partial charge in [-0.1, -0.05) is 56.7 Å². The molecule has 0 aromatic carbocycles. The summed E-state index contributed by atoms with van der Waals surface area (Å²) in [5.41, 5.74) is -0.195. The van der Waals surface area contributed by atoms with Gasteiger partial charge in [0, 0.05) is 29.9 Å². The monoisotopic (exact) mass is 536 g/mol. The fourth-order valence-electron chi connectivity index (χ4n) is 7.87. The predicted molar refractivity (Wildman–Crippen MR) is 142 cm³/mol. The van der Waals surface area contributed by atoms with Crippen molar-refractivity contribution >= 4 is 11.8 Å². The second-order valence-electron chi connectivity index (χ2n) is 12.8. The van der Waals surface area contributed by atoms with Crippen molar-refractivity contribution in [1.29, 1.82) is 0 Å². The smallest absolute Gasteiger partial charge is 0.549 e. The second kappa shape index (κ2) is 11.8. The van der Waals surface area contributed by atoms with Gasteiger partial charge in [-0.2, -0.15) is 0 Å². The van der Waals surface area contributed by atoms with Crippen LogP contribution in [0.2, 0.25) is 0 Å². The van der Waals surface area contributed by atoms with Crippen LogP contribution in [0.5, 0.6) is 0 Å². The maximum Gasteiger partial charge on any atom is 1.00 e. The van der Waals surface area contributed by atoms with Crippen LogP contribution in [-0.4, -0.2) is 46.9 Å². The molecule has 0 aromatic rings. The molecule has 0 heterocycles. The number of Topliss-reactive ketones (excluding diaryl/α,β-unsaturated/α-hetero) is 1. The number of carboxylic acids is 1. The van der Waals surface area contributed by atoms with Crippen LogP contribution in [0.4, 0.5) is 0 Å². The minimum Gasteiger partial charge on any atom is -0.549 e. The van der Waals surface area contributed by atoms with Crippen molar-refractivity contribution in [2.24, 2.45) is 28.1 Å². The van der Waals surface area contributed by atoms with Crippen LogP contribution < -0.4 is 34.7 Å². The molecule has 3 rings (SSSR count). The number of aliphatic carboxylic acids is 1. The molecule has 3 aliphatic carbocycles. The molecule has 0 amide bonds. The molecule has 6 nitrogen and oxygen atoms in total. The minimum atomic E-state index is -1.30. The number of hydrogen-bond acceptors (Lipinski definition) is 6. The number of aliphatic hydroxyl groups excluding tert-OH is 1. The summed E-state index contributed by atoms with van der Waals surface area (Å²) < 4.78 is 5.35. The van der Waals surface area contributed by atoms with Crippen LogP contribution in [-0.2, 0) is 14.3 Å². The van der Waals surface area contributed by atoms with Crippen molar-refractivity contribution in [1.82, 2.24) is 0 Å². The summed E-state index contributed by atoms with van der Waals surface area (Å²) in [5.74, 6) is -1.24. The van der Waals surface area contributed by atoms with Crippen LogP contribution in [0.25, 0.3) is 0 Å². The van der Waals surface area contributed by atoms with E-state index in [4.69, 9.17) is 4.74 Å². The summed E-state index contributed by atoms with van der Waals surface area (Å²) in [5, 5.41) is 33.1. The zero-order chi connectivity index (χ0) is 28.0. The van der Waals surface area contributed by atoms with Gasteiger partial charge in [-0.15, -0.1) is 0 Å². The number of aliphatic hydroxyl groups is 2. The van der Waals surface area contributed by atoms with Crippen LogP contribution in [0.3, 0.4) is 0 Å². The minimum absolute atomic E-state index is 0. The van der Waals surface area contributed by atoms with Crippen molar-refractivity contribution in [3.8, 4) is 0 Å². The first-order valence-electron chi connectivity index (χ1n) is 13.5. The Morgan fingerprint density at radius 1 is 1.13 bits per heavy atom. The molecule has 0 spiro atoms. The molecular weight excluding hydrogens is 491 g/mol. The van der Waals surface area contributed by atoms with E-state index in [0.717, 1.165) is 16.7 Å². The SMILES string of the molecule is COC(/C=C/C(C)=C\C=C\C(C)=C1/C(=O)C[C@H]2[C@@]3(C)CCC(O)C(C)(C(=O)[O-])[C@@H]3CC[C@]12C)C(C)(C)O.[Na+]. The van der Waals surface area contributed by atoms with E-state index in [1.807, 2.05) is 44.2 Å². The molecule has 0 radical (unpaired) electrons. The summed E-state index contributed by atoms with van der Waals surface area (Å²) in [7, 11) is 1.57. The Hall–Kier alpha value is -1.02. The first kappa shape index (κ1) is 33.2. The molecule has 3 fully saturated rings. The maximum absolute atomic E-state index is 13.4.